The summed E-state index contributed by atoms with van der Waals surface area (Å²) in [6.07, 6.45) is 23.7. The van der Waals surface area contributed by atoms with Crippen molar-refractivity contribution in [1.29, 1.82) is 0 Å². The van der Waals surface area contributed by atoms with Crippen molar-refractivity contribution in [2.75, 3.05) is 0 Å². The van der Waals surface area contributed by atoms with Crippen LogP contribution in [-0.4, -0.2) is 5.97 Å². The van der Waals surface area contributed by atoms with E-state index in [0.717, 1.165) is 12.8 Å². The van der Waals surface area contributed by atoms with Gasteiger partial charge in [0.2, 0.25) is 0 Å². The number of carbonyl (C=O) groups excluding carboxylic acids is 1. The van der Waals surface area contributed by atoms with Crippen LogP contribution in [0.1, 0.15) is 122 Å². The first-order valence-corrected chi connectivity index (χ1v) is 10.3. The summed E-state index contributed by atoms with van der Waals surface area (Å²) in [5.74, 6) is -0.175. The Morgan fingerprint density at radius 2 is 0.913 bits per heavy atom. The highest BCUT2D eigenvalue weighted by atomic mass is 16.5. The lowest BCUT2D eigenvalue weighted by atomic mass is 10.0. The van der Waals surface area contributed by atoms with Crippen LogP contribution in [0.25, 0.3) is 0 Å². The molecule has 0 atom stereocenters. The molecule has 2 heteroatoms. The lowest BCUT2D eigenvalue weighted by molar-refractivity contribution is -0.138. The zero-order valence-corrected chi connectivity index (χ0v) is 15.8. The molecule has 0 aliphatic rings. The maximum Gasteiger partial charge on any atom is 0.305 e. The third-order valence-corrected chi connectivity index (χ3v) is 4.65. The summed E-state index contributed by atoms with van der Waals surface area (Å²) in [7, 11) is 3.13. The van der Waals surface area contributed by atoms with Crippen molar-refractivity contribution in [3.63, 3.8) is 0 Å². The van der Waals surface area contributed by atoms with Gasteiger partial charge in [-0.15, -0.1) is 0 Å². The molecule has 0 N–H and O–H groups in total. The monoisotopic (exact) mass is 325 g/mol. The van der Waals surface area contributed by atoms with E-state index in [4.69, 9.17) is 0 Å². The molecule has 0 rings (SSSR count). The Hall–Kier alpha value is -0.530. The minimum atomic E-state index is -0.175. The summed E-state index contributed by atoms with van der Waals surface area (Å²) in [6, 6.07) is 0. The quantitative estimate of drug-likeness (QED) is 0.194. The van der Waals surface area contributed by atoms with Crippen LogP contribution >= 0.6 is 0 Å². The van der Waals surface area contributed by atoms with E-state index in [1.54, 1.807) is 0 Å². The smallest absolute Gasteiger partial charge is 0.305 e. The van der Waals surface area contributed by atoms with Crippen LogP contribution in [-0.2, 0) is 9.53 Å². The van der Waals surface area contributed by atoms with Crippen LogP contribution in [0.15, 0.2) is 0 Å². The van der Waals surface area contributed by atoms with Crippen molar-refractivity contribution in [1.82, 2.24) is 0 Å². The molecular weight excluding hydrogens is 284 g/mol. The van der Waals surface area contributed by atoms with E-state index in [-0.39, 0.29) is 5.97 Å². The van der Waals surface area contributed by atoms with E-state index in [1.165, 1.54) is 96.3 Å². The molecule has 0 unspecified atom stereocenters. The van der Waals surface area contributed by atoms with Gasteiger partial charge in [-0.1, -0.05) is 110 Å². The van der Waals surface area contributed by atoms with Crippen LogP contribution < -0.4 is 0 Å². The van der Waals surface area contributed by atoms with E-state index >= 15 is 0 Å². The van der Waals surface area contributed by atoms with Gasteiger partial charge in [0.1, 0.15) is 7.11 Å². The molecule has 0 saturated heterocycles. The minimum absolute atomic E-state index is 0.175. The molecule has 0 aromatic rings. The fraction of sp³-hybridized carbons (Fsp3) is 0.905. The number of hydrogen-bond acceptors (Lipinski definition) is 2. The first-order valence-electron chi connectivity index (χ1n) is 10.3. The number of ether oxygens (including phenoxy) is 1. The Balaban J connectivity index is 2.99. The minimum Gasteiger partial charge on any atom is -0.462 e. The van der Waals surface area contributed by atoms with E-state index in [2.05, 4.69) is 18.8 Å². The number of carbonyl (C=O) groups is 1. The van der Waals surface area contributed by atoms with Gasteiger partial charge < -0.3 is 4.74 Å². The Kier molecular flexibility index (Phi) is 19.1. The molecule has 0 bridgehead atoms. The average molecular weight is 326 g/mol. The molecular formula is C21H41O2. The summed E-state index contributed by atoms with van der Waals surface area (Å²) >= 11 is 0. The van der Waals surface area contributed by atoms with Crippen LogP contribution in [0.5, 0.6) is 0 Å². The Morgan fingerprint density at radius 3 is 1.22 bits per heavy atom. The predicted molar refractivity (Wildman–Crippen MR) is 100 cm³/mol. The lowest BCUT2D eigenvalue weighted by Gasteiger charge is -2.03. The first-order chi connectivity index (χ1) is 11.3. The van der Waals surface area contributed by atoms with Crippen LogP contribution in [0.4, 0.5) is 0 Å². The van der Waals surface area contributed by atoms with Gasteiger partial charge in [-0.3, -0.25) is 4.79 Å². The van der Waals surface area contributed by atoms with Crippen molar-refractivity contribution in [3.8, 4) is 0 Å². The molecule has 0 fully saturated rings. The molecule has 1 radical (unpaired) electrons. The Labute approximate surface area is 145 Å². The molecule has 0 spiro atoms. The van der Waals surface area contributed by atoms with Crippen molar-refractivity contribution in [2.24, 2.45) is 0 Å². The highest BCUT2D eigenvalue weighted by molar-refractivity contribution is 5.69. The predicted octanol–water partition coefficient (Wildman–Crippen LogP) is 7.36. The molecule has 2 nitrogen and oxygen atoms in total. The summed E-state index contributed by atoms with van der Waals surface area (Å²) in [4.78, 5) is 10.9. The van der Waals surface area contributed by atoms with E-state index in [9.17, 15) is 4.79 Å². The fourth-order valence-electron chi connectivity index (χ4n) is 3.07. The molecule has 0 amide bonds. The van der Waals surface area contributed by atoms with E-state index < -0.39 is 0 Å². The molecule has 137 valence electrons. The highest BCUT2D eigenvalue weighted by Crippen LogP contribution is 2.14. The lowest BCUT2D eigenvalue weighted by Crippen LogP contribution is -1.97. The van der Waals surface area contributed by atoms with Crippen LogP contribution in [0.2, 0.25) is 0 Å². The van der Waals surface area contributed by atoms with Gasteiger partial charge in [0.15, 0.2) is 0 Å². The average Bonchev–Trinajstić information content (AvgIpc) is 2.57. The van der Waals surface area contributed by atoms with E-state index in [1.807, 2.05) is 0 Å². The van der Waals surface area contributed by atoms with Crippen molar-refractivity contribution < 1.29 is 9.53 Å². The third-order valence-electron chi connectivity index (χ3n) is 4.65. The SMILES string of the molecule is [CH2]OC(=O)CCCCCCCCCCCCCCCCCCC. The second-order valence-corrected chi connectivity index (χ2v) is 6.92. The zero-order chi connectivity index (χ0) is 17.0. The van der Waals surface area contributed by atoms with Crippen molar-refractivity contribution >= 4 is 5.97 Å². The Morgan fingerprint density at radius 1 is 0.609 bits per heavy atom. The normalized spacial score (nSPS) is 10.9. The van der Waals surface area contributed by atoms with Gasteiger partial charge in [-0.05, 0) is 6.42 Å². The summed E-state index contributed by atoms with van der Waals surface area (Å²) in [5, 5.41) is 0. The van der Waals surface area contributed by atoms with Crippen molar-refractivity contribution in [2.45, 2.75) is 122 Å². The van der Waals surface area contributed by atoms with Gasteiger partial charge in [0.05, 0.1) is 0 Å². The number of rotatable bonds is 18. The maximum absolute atomic E-state index is 10.9. The fourth-order valence-corrected chi connectivity index (χ4v) is 3.07. The zero-order valence-electron chi connectivity index (χ0n) is 15.8. The number of hydrogen-bond donors (Lipinski definition) is 0. The maximum atomic E-state index is 10.9. The standard InChI is InChI=1S/C21H41O2/c1-3-4-5-6-7-8-9-10-11-12-13-14-15-16-17-18-19-20-21(22)23-2/h2-20H2,1H3. The molecule has 0 saturated carbocycles. The van der Waals surface area contributed by atoms with Crippen LogP contribution in [0, 0.1) is 7.11 Å². The largest absolute Gasteiger partial charge is 0.462 e. The van der Waals surface area contributed by atoms with Crippen molar-refractivity contribution in [3.05, 3.63) is 7.11 Å². The first kappa shape index (κ1) is 22.5. The van der Waals surface area contributed by atoms with Gasteiger partial charge in [0.25, 0.3) is 0 Å². The van der Waals surface area contributed by atoms with Gasteiger partial charge >= 0.3 is 5.97 Å². The molecule has 0 aromatic carbocycles. The second-order valence-electron chi connectivity index (χ2n) is 6.92. The van der Waals surface area contributed by atoms with Crippen LogP contribution in [0.3, 0.4) is 0 Å². The molecule has 0 aromatic heterocycles. The van der Waals surface area contributed by atoms with Gasteiger partial charge in [-0.2, -0.15) is 0 Å². The van der Waals surface area contributed by atoms with Gasteiger partial charge in [0, 0.05) is 6.42 Å². The summed E-state index contributed by atoms with van der Waals surface area (Å²) < 4.78 is 4.39. The number of esters is 1. The molecule has 0 aliphatic carbocycles. The number of unbranched alkanes of at least 4 members (excludes halogenated alkanes) is 16. The van der Waals surface area contributed by atoms with Gasteiger partial charge in [-0.25, -0.2) is 0 Å². The topological polar surface area (TPSA) is 26.3 Å². The molecule has 23 heavy (non-hydrogen) atoms. The highest BCUT2D eigenvalue weighted by Gasteiger charge is 1.99. The van der Waals surface area contributed by atoms with E-state index in [0.29, 0.717) is 6.42 Å². The summed E-state index contributed by atoms with van der Waals surface area (Å²) in [6.45, 7) is 2.28. The second kappa shape index (κ2) is 19.5. The summed E-state index contributed by atoms with van der Waals surface area (Å²) in [5.41, 5.74) is 0. The third kappa shape index (κ3) is 19.4. The Bertz CT molecular complexity index is 238. The molecule has 0 aliphatic heterocycles. The molecule has 0 heterocycles.